The normalized spacial score (nSPS) is 13.4. The van der Waals surface area contributed by atoms with Crippen LogP contribution in [0.2, 0.25) is 0 Å². The van der Waals surface area contributed by atoms with Crippen LogP contribution < -0.4 is 10.1 Å². The lowest BCUT2D eigenvalue weighted by Gasteiger charge is -2.20. The number of benzene rings is 2. The molecule has 29 heavy (non-hydrogen) atoms. The molecule has 4 rings (SSSR count). The van der Waals surface area contributed by atoms with Crippen molar-refractivity contribution in [2.24, 2.45) is 0 Å². The van der Waals surface area contributed by atoms with Gasteiger partial charge in [0.2, 0.25) is 5.78 Å². The second kappa shape index (κ2) is 8.16. The van der Waals surface area contributed by atoms with E-state index in [2.05, 4.69) is 10.3 Å². The molecule has 0 saturated carbocycles. The largest absolute Gasteiger partial charge is 0.489 e. The summed E-state index contributed by atoms with van der Waals surface area (Å²) in [5, 5.41) is 12.0. The van der Waals surface area contributed by atoms with Crippen LogP contribution in [-0.4, -0.2) is 34.8 Å². The number of Topliss-reactive ketones (excluding diaryl/α,β-unsaturated/α-hetero) is 2. The summed E-state index contributed by atoms with van der Waals surface area (Å²) in [4.78, 5) is 28.7. The summed E-state index contributed by atoms with van der Waals surface area (Å²) in [5.41, 5.74) is 2.78. The number of hydrogen-bond acceptors (Lipinski definition) is 5. The van der Waals surface area contributed by atoms with Crippen LogP contribution in [0.15, 0.2) is 72.6 Å². The summed E-state index contributed by atoms with van der Waals surface area (Å²) in [6.07, 6.45) is 1.58. The van der Waals surface area contributed by atoms with Crippen LogP contribution in [0, 0.1) is 0 Å². The Morgan fingerprint density at radius 1 is 0.931 bits per heavy atom. The predicted molar refractivity (Wildman–Crippen MR) is 109 cm³/mol. The number of aromatic amines is 1. The summed E-state index contributed by atoms with van der Waals surface area (Å²) >= 11 is 0. The van der Waals surface area contributed by atoms with Crippen LogP contribution in [0.5, 0.6) is 5.75 Å². The van der Waals surface area contributed by atoms with Gasteiger partial charge in [-0.2, -0.15) is 0 Å². The summed E-state index contributed by atoms with van der Waals surface area (Å²) in [6, 6.07) is 18.5. The average Bonchev–Trinajstić information content (AvgIpc) is 3.26. The fourth-order valence-corrected chi connectivity index (χ4v) is 3.32. The molecule has 3 N–H and O–H groups in total. The Labute approximate surface area is 167 Å². The van der Waals surface area contributed by atoms with Crippen LogP contribution in [0.4, 0.5) is 0 Å². The van der Waals surface area contributed by atoms with E-state index in [1.807, 2.05) is 30.3 Å². The molecule has 0 saturated heterocycles. The lowest BCUT2D eigenvalue weighted by atomic mass is 9.87. The van der Waals surface area contributed by atoms with E-state index < -0.39 is 0 Å². The molecule has 1 heterocycles. The molecule has 146 valence electrons. The molecule has 0 aliphatic heterocycles. The second-order valence-corrected chi connectivity index (χ2v) is 6.62. The highest BCUT2D eigenvalue weighted by molar-refractivity contribution is 6.40. The molecule has 6 nitrogen and oxygen atoms in total. The van der Waals surface area contributed by atoms with Gasteiger partial charge in [0.25, 0.3) is 0 Å². The molecule has 3 aromatic rings. The third kappa shape index (κ3) is 3.70. The average molecular weight is 388 g/mol. The van der Waals surface area contributed by atoms with Gasteiger partial charge in [0.05, 0.1) is 29.1 Å². The lowest BCUT2D eigenvalue weighted by molar-refractivity contribution is 0.0982. The van der Waals surface area contributed by atoms with Crippen molar-refractivity contribution in [1.82, 2.24) is 10.3 Å². The summed E-state index contributed by atoms with van der Waals surface area (Å²) in [5.74, 6) is 0.136. The number of allylic oxidation sites excluding steroid dienone is 2. The standard InChI is InChI=1S/C23H20N2O4/c26-13-12-25-21-19(22(27)18-10-11-24-20(18)23(21)28)16-6-8-17(9-7-16)29-14-15-4-2-1-3-5-15/h1-11,24-26H,12-14H2. The van der Waals surface area contributed by atoms with E-state index in [-0.39, 0.29) is 36.1 Å². The van der Waals surface area contributed by atoms with E-state index in [9.17, 15) is 9.59 Å². The second-order valence-electron chi connectivity index (χ2n) is 6.62. The summed E-state index contributed by atoms with van der Waals surface area (Å²) in [7, 11) is 0. The summed E-state index contributed by atoms with van der Waals surface area (Å²) < 4.78 is 5.80. The van der Waals surface area contributed by atoms with Crippen LogP contribution >= 0.6 is 0 Å². The molecule has 0 spiro atoms. The van der Waals surface area contributed by atoms with Crippen molar-refractivity contribution in [1.29, 1.82) is 0 Å². The maximum Gasteiger partial charge on any atom is 0.226 e. The third-order valence-electron chi connectivity index (χ3n) is 4.73. The molecule has 0 fully saturated rings. The zero-order valence-corrected chi connectivity index (χ0v) is 15.6. The molecule has 2 aromatic carbocycles. The van der Waals surface area contributed by atoms with E-state index >= 15 is 0 Å². The number of rotatable bonds is 7. The molecular weight excluding hydrogens is 368 g/mol. The number of aliphatic hydroxyl groups excluding tert-OH is 1. The van der Waals surface area contributed by atoms with Crippen molar-refractivity contribution in [2.75, 3.05) is 13.2 Å². The number of aromatic nitrogens is 1. The van der Waals surface area contributed by atoms with E-state index in [4.69, 9.17) is 9.84 Å². The maximum atomic E-state index is 13.0. The Morgan fingerprint density at radius 2 is 1.69 bits per heavy atom. The Balaban J connectivity index is 1.62. The Kier molecular flexibility index (Phi) is 5.27. The third-order valence-corrected chi connectivity index (χ3v) is 4.73. The van der Waals surface area contributed by atoms with Crippen LogP contribution in [0.25, 0.3) is 5.57 Å². The van der Waals surface area contributed by atoms with Crippen molar-refractivity contribution < 1.29 is 19.4 Å². The minimum absolute atomic E-state index is 0.151. The Bertz CT molecular complexity index is 1070. The first kappa shape index (κ1) is 18.7. The highest BCUT2D eigenvalue weighted by Crippen LogP contribution is 2.31. The topological polar surface area (TPSA) is 91.4 Å². The lowest BCUT2D eigenvalue weighted by Crippen LogP contribution is -2.31. The minimum atomic E-state index is -0.294. The molecule has 1 aliphatic carbocycles. The quantitative estimate of drug-likeness (QED) is 0.579. The smallest absolute Gasteiger partial charge is 0.226 e. The number of fused-ring (bicyclic) bond motifs is 1. The van der Waals surface area contributed by atoms with Gasteiger partial charge in [-0.1, -0.05) is 42.5 Å². The first-order chi connectivity index (χ1) is 14.2. The molecular formula is C23H20N2O4. The van der Waals surface area contributed by atoms with Gasteiger partial charge in [-0.3, -0.25) is 9.59 Å². The van der Waals surface area contributed by atoms with Crippen molar-refractivity contribution >= 4 is 17.1 Å². The Hall–Kier alpha value is -3.64. The predicted octanol–water partition coefficient (Wildman–Crippen LogP) is 2.97. The number of ether oxygens (including phenoxy) is 1. The SMILES string of the molecule is O=C1C(c2ccc(OCc3ccccc3)cc2)=C(NCCO)C(=O)c2[nH]ccc21. The fraction of sp³-hybridized carbons (Fsp3) is 0.130. The van der Waals surface area contributed by atoms with Crippen LogP contribution in [0.3, 0.4) is 0 Å². The molecule has 0 radical (unpaired) electrons. The molecule has 0 bridgehead atoms. The van der Waals surface area contributed by atoms with Gasteiger partial charge in [0.1, 0.15) is 12.4 Å². The Morgan fingerprint density at radius 3 is 2.41 bits per heavy atom. The van der Waals surface area contributed by atoms with Gasteiger partial charge in [0, 0.05) is 12.7 Å². The minimum Gasteiger partial charge on any atom is -0.489 e. The zero-order valence-electron chi connectivity index (χ0n) is 15.6. The van der Waals surface area contributed by atoms with Gasteiger partial charge >= 0.3 is 0 Å². The van der Waals surface area contributed by atoms with E-state index in [0.29, 0.717) is 29.1 Å². The number of carbonyl (C=O) groups excluding carboxylic acids is 2. The fourth-order valence-electron chi connectivity index (χ4n) is 3.32. The molecule has 6 heteroatoms. The highest BCUT2D eigenvalue weighted by Gasteiger charge is 2.33. The number of carbonyl (C=O) groups is 2. The summed E-state index contributed by atoms with van der Waals surface area (Å²) in [6.45, 7) is 0.463. The number of H-pyrrole nitrogens is 1. The first-order valence-corrected chi connectivity index (χ1v) is 9.32. The highest BCUT2D eigenvalue weighted by atomic mass is 16.5. The molecule has 1 aliphatic rings. The van der Waals surface area contributed by atoms with Gasteiger partial charge in [-0.05, 0) is 29.3 Å². The van der Waals surface area contributed by atoms with Gasteiger partial charge in [-0.15, -0.1) is 0 Å². The molecule has 0 amide bonds. The number of aliphatic hydroxyl groups is 1. The van der Waals surface area contributed by atoms with Gasteiger partial charge in [0.15, 0.2) is 5.78 Å². The monoisotopic (exact) mass is 388 g/mol. The van der Waals surface area contributed by atoms with Crippen molar-refractivity contribution in [3.63, 3.8) is 0 Å². The van der Waals surface area contributed by atoms with Crippen molar-refractivity contribution in [3.05, 3.63) is 94.9 Å². The molecule has 0 atom stereocenters. The first-order valence-electron chi connectivity index (χ1n) is 9.32. The number of hydrogen-bond donors (Lipinski definition) is 3. The molecule has 1 aromatic heterocycles. The molecule has 0 unspecified atom stereocenters. The van der Waals surface area contributed by atoms with E-state index in [0.717, 1.165) is 5.56 Å². The zero-order chi connectivity index (χ0) is 20.2. The maximum absolute atomic E-state index is 13.0. The van der Waals surface area contributed by atoms with E-state index in [1.54, 1.807) is 36.5 Å². The van der Waals surface area contributed by atoms with Crippen LogP contribution in [0.1, 0.15) is 32.0 Å². The van der Waals surface area contributed by atoms with Crippen LogP contribution in [-0.2, 0) is 6.61 Å². The van der Waals surface area contributed by atoms with Gasteiger partial charge < -0.3 is 20.1 Å². The van der Waals surface area contributed by atoms with E-state index in [1.165, 1.54) is 0 Å². The number of ketones is 2. The number of nitrogens with one attached hydrogen (secondary N) is 2. The van der Waals surface area contributed by atoms with Gasteiger partial charge in [-0.25, -0.2) is 0 Å². The van der Waals surface area contributed by atoms with Crippen molar-refractivity contribution in [3.8, 4) is 5.75 Å². The van der Waals surface area contributed by atoms with Crippen molar-refractivity contribution in [2.45, 2.75) is 6.61 Å².